The highest BCUT2D eigenvalue weighted by Crippen LogP contribution is 2.15. The summed E-state index contributed by atoms with van der Waals surface area (Å²) >= 11 is 5.17. The van der Waals surface area contributed by atoms with Gasteiger partial charge in [-0.3, -0.25) is 4.79 Å². The molecule has 0 amide bonds. The molecule has 3 heteroatoms. The predicted octanol–water partition coefficient (Wildman–Crippen LogP) is 2.60. The molecule has 0 heterocycles. The van der Waals surface area contributed by atoms with Gasteiger partial charge in [0.25, 0.3) is 5.24 Å². The zero-order chi connectivity index (χ0) is 9.14. The Labute approximate surface area is 74.5 Å². The highest BCUT2D eigenvalue weighted by molar-refractivity contribution is 6.74. The molecule has 1 rings (SSSR count). The fourth-order valence-corrected chi connectivity index (χ4v) is 0.874. The standard InChI is InChI=1S/C9H6ClFO/c1-6(9(10)12)7-2-4-8(11)5-3-7/h2-5H,1H2. The minimum absolute atomic E-state index is 0.177. The first-order chi connectivity index (χ1) is 5.61. The Balaban J connectivity index is 2.98. The average Bonchev–Trinajstić information content (AvgIpc) is 2.04. The normalized spacial score (nSPS) is 9.50. The van der Waals surface area contributed by atoms with E-state index < -0.39 is 5.24 Å². The van der Waals surface area contributed by atoms with Crippen molar-refractivity contribution >= 4 is 22.4 Å². The van der Waals surface area contributed by atoms with E-state index >= 15 is 0 Å². The van der Waals surface area contributed by atoms with Crippen LogP contribution >= 0.6 is 11.6 Å². The molecule has 0 unspecified atom stereocenters. The summed E-state index contributed by atoms with van der Waals surface area (Å²) in [4.78, 5) is 10.6. The van der Waals surface area contributed by atoms with Crippen molar-refractivity contribution in [1.29, 1.82) is 0 Å². The summed E-state index contributed by atoms with van der Waals surface area (Å²) in [5, 5.41) is -0.624. The molecule has 1 aromatic carbocycles. The smallest absolute Gasteiger partial charge is 0.252 e. The molecule has 0 aromatic heterocycles. The van der Waals surface area contributed by atoms with E-state index in [1.54, 1.807) is 0 Å². The second-order valence-electron chi connectivity index (χ2n) is 2.26. The Kier molecular flexibility index (Phi) is 2.61. The van der Waals surface area contributed by atoms with Gasteiger partial charge in [-0.25, -0.2) is 4.39 Å². The van der Waals surface area contributed by atoms with Gasteiger partial charge in [-0.2, -0.15) is 0 Å². The lowest BCUT2D eigenvalue weighted by Crippen LogP contribution is -1.90. The van der Waals surface area contributed by atoms with Crippen molar-refractivity contribution in [2.45, 2.75) is 0 Å². The number of carbonyl (C=O) groups excluding carboxylic acids is 1. The molecule has 62 valence electrons. The number of benzene rings is 1. The van der Waals surface area contributed by atoms with Crippen LogP contribution in [0.3, 0.4) is 0 Å². The molecule has 0 fully saturated rings. The fourth-order valence-electron chi connectivity index (χ4n) is 0.765. The topological polar surface area (TPSA) is 17.1 Å². The van der Waals surface area contributed by atoms with Gasteiger partial charge in [0, 0.05) is 5.57 Å². The van der Waals surface area contributed by atoms with Gasteiger partial charge < -0.3 is 0 Å². The van der Waals surface area contributed by atoms with E-state index in [1.165, 1.54) is 24.3 Å². The largest absolute Gasteiger partial charge is 0.276 e. The van der Waals surface area contributed by atoms with Gasteiger partial charge in [0.15, 0.2) is 0 Å². The van der Waals surface area contributed by atoms with Gasteiger partial charge in [-0.15, -0.1) is 0 Å². The molecule has 0 saturated carbocycles. The Hall–Kier alpha value is -1.15. The lowest BCUT2D eigenvalue weighted by Gasteiger charge is -1.98. The highest BCUT2D eigenvalue weighted by atomic mass is 35.5. The van der Waals surface area contributed by atoms with Crippen molar-refractivity contribution in [3.63, 3.8) is 0 Å². The monoisotopic (exact) mass is 184 g/mol. The summed E-state index contributed by atoms with van der Waals surface area (Å²) in [6, 6.07) is 5.41. The second kappa shape index (κ2) is 3.50. The summed E-state index contributed by atoms with van der Waals surface area (Å²) in [5.41, 5.74) is 0.716. The van der Waals surface area contributed by atoms with Crippen LogP contribution in [-0.2, 0) is 4.79 Å². The average molecular weight is 185 g/mol. The van der Waals surface area contributed by atoms with Crippen LogP contribution in [-0.4, -0.2) is 5.24 Å². The van der Waals surface area contributed by atoms with E-state index in [-0.39, 0.29) is 11.4 Å². The van der Waals surface area contributed by atoms with E-state index in [4.69, 9.17) is 11.6 Å². The Morgan fingerprint density at radius 3 is 2.25 bits per heavy atom. The molecule has 0 aliphatic rings. The minimum Gasteiger partial charge on any atom is -0.276 e. The molecule has 12 heavy (non-hydrogen) atoms. The first kappa shape index (κ1) is 8.94. The maximum absolute atomic E-state index is 12.4. The van der Waals surface area contributed by atoms with Gasteiger partial charge in [0.05, 0.1) is 0 Å². The molecule has 1 nitrogen and oxygen atoms in total. The number of halogens is 2. The molecule has 1 aromatic rings. The van der Waals surface area contributed by atoms with Crippen LogP contribution in [0.2, 0.25) is 0 Å². The molecule has 0 saturated heterocycles. The third-order valence-corrected chi connectivity index (χ3v) is 1.66. The Bertz CT molecular complexity index is 316. The van der Waals surface area contributed by atoms with Gasteiger partial charge >= 0.3 is 0 Å². The van der Waals surface area contributed by atoms with E-state index in [9.17, 15) is 9.18 Å². The maximum Gasteiger partial charge on any atom is 0.252 e. The van der Waals surface area contributed by atoms with Crippen LogP contribution in [0, 0.1) is 5.82 Å². The van der Waals surface area contributed by atoms with Gasteiger partial charge in [-0.1, -0.05) is 18.7 Å². The van der Waals surface area contributed by atoms with Gasteiger partial charge in [0.2, 0.25) is 0 Å². The van der Waals surface area contributed by atoms with Crippen molar-refractivity contribution in [2.75, 3.05) is 0 Å². The third kappa shape index (κ3) is 1.92. The molecule has 0 spiro atoms. The summed E-state index contributed by atoms with van der Waals surface area (Å²) < 4.78 is 12.4. The maximum atomic E-state index is 12.4. The van der Waals surface area contributed by atoms with E-state index in [1.807, 2.05) is 0 Å². The van der Waals surface area contributed by atoms with Crippen LogP contribution in [0.5, 0.6) is 0 Å². The van der Waals surface area contributed by atoms with E-state index in [0.29, 0.717) is 5.56 Å². The van der Waals surface area contributed by atoms with Crippen LogP contribution in [0.1, 0.15) is 5.56 Å². The second-order valence-corrected chi connectivity index (χ2v) is 2.60. The van der Waals surface area contributed by atoms with Crippen LogP contribution in [0.25, 0.3) is 5.57 Å². The molecule has 0 bridgehead atoms. The van der Waals surface area contributed by atoms with Crippen molar-refractivity contribution in [1.82, 2.24) is 0 Å². The first-order valence-corrected chi connectivity index (χ1v) is 3.63. The summed E-state index contributed by atoms with van der Waals surface area (Å²) in [6.45, 7) is 3.45. The quantitative estimate of drug-likeness (QED) is 0.510. The Morgan fingerprint density at radius 2 is 1.83 bits per heavy atom. The molecule has 0 N–H and O–H groups in total. The number of hydrogen-bond acceptors (Lipinski definition) is 1. The molecule has 0 aliphatic carbocycles. The molecule has 0 aliphatic heterocycles. The van der Waals surface area contributed by atoms with Crippen molar-refractivity contribution in [3.8, 4) is 0 Å². The lowest BCUT2D eigenvalue weighted by molar-refractivity contribution is -0.106. The Morgan fingerprint density at radius 1 is 1.33 bits per heavy atom. The summed E-state index contributed by atoms with van der Waals surface area (Å²) in [7, 11) is 0. The molecule has 0 atom stereocenters. The van der Waals surface area contributed by atoms with E-state index in [2.05, 4.69) is 6.58 Å². The minimum atomic E-state index is -0.624. The third-order valence-electron chi connectivity index (χ3n) is 1.43. The predicted molar refractivity (Wildman–Crippen MR) is 46.3 cm³/mol. The van der Waals surface area contributed by atoms with Crippen molar-refractivity contribution in [2.24, 2.45) is 0 Å². The van der Waals surface area contributed by atoms with E-state index in [0.717, 1.165) is 0 Å². The number of rotatable bonds is 2. The highest BCUT2D eigenvalue weighted by Gasteiger charge is 2.05. The number of carbonyl (C=O) groups is 1. The van der Waals surface area contributed by atoms with Gasteiger partial charge in [0.1, 0.15) is 5.82 Å². The molecule has 0 radical (unpaired) electrons. The lowest BCUT2D eigenvalue weighted by atomic mass is 10.1. The summed E-state index contributed by atoms with van der Waals surface area (Å²) in [5.74, 6) is -0.353. The molecular weight excluding hydrogens is 179 g/mol. The zero-order valence-electron chi connectivity index (χ0n) is 6.18. The van der Waals surface area contributed by atoms with Crippen molar-refractivity contribution < 1.29 is 9.18 Å². The van der Waals surface area contributed by atoms with Crippen LogP contribution < -0.4 is 0 Å². The fraction of sp³-hybridized carbons (Fsp3) is 0. The SMILES string of the molecule is C=C(C(=O)Cl)c1ccc(F)cc1. The van der Waals surface area contributed by atoms with Crippen LogP contribution in [0.4, 0.5) is 4.39 Å². The van der Waals surface area contributed by atoms with Crippen molar-refractivity contribution in [3.05, 3.63) is 42.2 Å². The van der Waals surface area contributed by atoms with Gasteiger partial charge in [-0.05, 0) is 29.3 Å². The number of hydrogen-bond donors (Lipinski definition) is 0. The zero-order valence-corrected chi connectivity index (χ0v) is 6.94. The summed E-state index contributed by atoms with van der Waals surface area (Å²) in [6.07, 6.45) is 0. The van der Waals surface area contributed by atoms with Crippen LogP contribution in [0.15, 0.2) is 30.8 Å². The number of allylic oxidation sites excluding steroid dienone is 1. The first-order valence-electron chi connectivity index (χ1n) is 3.26. The molecular formula is C9H6ClFO.